The highest BCUT2D eigenvalue weighted by atomic mass is 14.6. The quantitative estimate of drug-likeness (QED) is 0.405. The van der Waals surface area contributed by atoms with Crippen LogP contribution in [-0.4, -0.2) is 0 Å². The zero-order valence-corrected chi connectivity index (χ0v) is 20.8. The van der Waals surface area contributed by atoms with E-state index in [0.717, 1.165) is 35.5 Å². The number of hydrogen-bond donors (Lipinski definition) is 0. The van der Waals surface area contributed by atoms with Crippen LogP contribution in [0.3, 0.4) is 0 Å². The molecule has 7 atom stereocenters. The molecule has 3 saturated carbocycles. The fourth-order valence-corrected chi connectivity index (χ4v) is 8.76. The molecule has 4 rings (SSSR count). The van der Waals surface area contributed by atoms with Crippen molar-refractivity contribution in [1.29, 1.82) is 0 Å². The lowest BCUT2D eigenvalue weighted by Gasteiger charge is -2.58. The Morgan fingerprint density at radius 1 is 1.00 bits per heavy atom. The molecular formula is C29H50. The molecule has 7 unspecified atom stereocenters. The summed E-state index contributed by atoms with van der Waals surface area (Å²) in [7, 11) is 0. The SMILES string of the molecule is CC(CCC(C)(C)C(C)C)C1CCC2C3CC=C4CCCCC4(C)C3CCC12C. The van der Waals surface area contributed by atoms with Crippen LogP contribution in [0.15, 0.2) is 11.6 Å². The first kappa shape index (κ1) is 22.0. The fraction of sp³-hybridized carbons (Fsp3) is 0.931. The summed E-state index contributed by atoms with van der Waals surface area (Å²) in [5.74, 6) is 5.65. The minimum Gasteiger partial charge on any atom is -0.0845 e. The maximum Gasteiger partial charge on any atom is -0.00853 e. The van der Waals surface area contributed by atoms with Gasteiger partial charge in [-0.15, -0.1) is 0 Å². The molecular weight excluding hydrogens is 348 g/mol. The van der Waals surface area contributed by atoms with Crippen molar-refractivity contribution in [1.82, 2.24) is 0 Å². The summed E-state index contributed by atoms with van der Waals surface area (Å²) < 4.78 is 0. The molecule has 4 aliphatic carbocycles. The van der Waals surface area contributed by atoms with E-state index in [0.29, 0.717) is 16.2 Å². The van der Waals surface area contributed by atoms with E-state index in [-0.39, 0.29) is 0 Å². The van der Waals surface area contributed by atoms with Gasteiger partial charge in [-0.2, -0.15) is 0 Å². The van der Waals surface area contributed by atoms with Gasteiger partial charge in [0.15, 0.2) is 0 Å². The van der Waals surface area contributed by atoms with Crippen LogP contribution in [0, 0.1) is 51.8 Å². The van der Waals surface area contributed by atoms with Crippen LogP contribution in [0.25, 0.3) is 0 Å². The molecule has 0 aromatic heterocycles. The monoisotopic (exact) mass is 398 g/mol. The van der Waals surface area contributed by atoms with E-state index in [9.17, 15) is 0 Å². The van der Waals surface area contributed by atoms with Crippen LogP contribution in [0.4, 0.5) is 0 Å². The van der Waals surface area contributed by atoms with Gasteiger partial charge in [0.2, 0.25) is 0 Å². The molecule has 0 aliphatic heterocycles. The maximum atomic E-state index is 2.74. The summed E-state index contributed by atoms with van der Waals surface area (Å²) in [6.45, 7) is 17.8. The van der Waals surface area contributed by atoms with Gasteiger partial charge in [-0.05, 0) is 116 Å². The van der Waals surface area contributed by atoms with E-state index in [1.54, 1.807) is 0 Å². The molecule has 0 amide bonds. The highest BCUT2D eigenvalue weighted by Crippen LogP contribution is 2.67. The van der Waals surface area contributed by atoms with Crippen LogP contribution in [-0.2, 0) is 0 Å². The third kappa shape index (κ3) is 3.57. The van der Waals surface area contributed by atoms with E-state index in [4.69, 9.17) is 0 Å². The number of rotatable bonds is 5. The van der Waals surface area contributed by atoms with Crippen LogP contribution in [0.1, 0.15) is 119 Å². The lowest BCUT2D eigenvalue weighted by Crippen LogP contribution is -2.50. The molecule has 0 N–H and O–H groups in total. The van der Waals surface area contributed by atoms with Crippen molar-refractivity contribution in [3.05, 3.63) is 11.6 Å². The Morgan fingerprint density at radius 3 is 2.48 bits per heavy atom. The van der Waals surface area contributed by atoms with E-state index < -0.39 is 0 Å². The molecule has 4 aliphatic rings. The summed E-state index contributed by atoms with van der Waals surface area (Å²) >= 11 is 0. The standard InChI is InChI=1S/C29H50/c1-20(2)27(4,5)18-15-21(3)24-13-14-25-23-12-11-22-10-8-9-17-28(22,6)26(23)16-19-29(24,25)7/h11,20-21,23-26H,8-10,12-19H2,1-7H3. The first-order valence-corrected chi connectivity index (χ1v) is 13.3. The van der Waals surface area contributed by atoms with Crippen LogP contribution >= 0.6 is 0 Å². The Morgan fingerprint density at radius 2 is 1.76 bits per heavy atom. The van der Waals surface area contributed by atoms with Crippen molar-refractivity contribution in [3.63, 3.8) is 0 Å². The molecule has 0 bridgehead atoms. The number of fused-ring (bicyclic) bond motifs is 5. The van der Waals surface area contributed by atoms with Gasteiger partial charge < -0.3 is 0 Å². The zero-order chi connectivity index (χ0) is 21.0. The third-order valence-corrected chi connectivity index (χ3v) is 11.6. The van der Waals surface area contributed by atoms with Crippen LogP contribution < -0.4 is 0 Å². The third-order valence-electron chi connectivity index (χ3n) is 11.6. The van der Waals surface area contributed by atoms with Crippen molar-refractivity contribution in [2.75, 3.05) is 0 Å². The van der Waals surface area contributed by atoms with Crippen molar-refractivity contribution < 1.29 is 0 Å². The Bertz CT molecular complexity index is 624. The van der Waals surface area contributed by atoms with Crippen molar-refractivity contribution >= 4 is 0 Å². The average molecular weight is 399 g/mol. The van der Waals surface area contributed by atoms with Gasteiger partial charge in [-0.1, -0.05) is 66.5 Å². The first-order chi connectivity index (χ1) is 13.6. The van der Waals surface area contributed by atoms with E-state index in [2.05, 4.69) is 54.5 Å². The molecule has 0 aromatic carbocycles. The lowest BCUT2D eigenvalue weighted by molar-refractivity contribution is -0.0507. The molecule has 0 nitrogen and oxygen atoms in total. The second-order valence-corrected chi connectivity index (χ2v) is 13.4. The van der Waals surface area contributed by atoms with E-state index in [1.807, 2.05) is 5.57 Å². The van der Waals surface area contributed by atoms with Crippen LogP contribution in [0.5, 0.6) is 0 Å². The molecule has 0 spiro atoms. The lowest BCUT2D eigenvalue weighted by atomic mass is 9.47. The first-order valence-electron chi connectivity index (χ1n) is 13.3. The zero-order valence-electron chi connectivity index (χ0n) is 20.8. The smallest absolute Gasteiger partial charge is 0.00853 e. The fourth-order valence-electron chi connectivity index (χ4n) is 8.76. The summed E-state index contributed by atoms with van der Waals surface area (Å²) in [5, 5.41) is 0. The molecule has 0 aromatic rings. The molecule has 0 heterocycles. The van der Waals surface area contributed by atoms with E-state index in [1.165, 1.54) is 70.6 Å². The van der Waals surface area contributed by atoms with Crippen LogP contribution in [0.2, 0.25) is 0 Å². The Kier molecular flexibility index (Phi) is 5.83. The minimum absolute atomic E-state index is 0.491. The maximum absolute atomic E-state index is 2.74. The molecule has 0 saturated heterocycles. The van der Waals surface area contributed by atoms with Gasteiger partial charge in [0.1, 0.15) is 0 Å². The van der Waals surface area contributed by atoms with Crippen molar-refractivity contribution in [2.45, 2.75) is 119 Å². The Balaban J connectivity index is 1.49. The largest absolute Gasteiger partial charge is 0.0845 e. The second-order valence-electron chi connectivity index (χ2n) is 13.4. The predicted octanol–water partition coefficient (Wildman–Crippen LogP) is 9.05. The predicted molar refractivity (Wildman–Crippen MR) is 127 cm³/mol. The summed E-state index contributed by atoms with van der Waals surface area (Å²) in [4.78, 5) is 0. The molecule has 29 heavy (non-hydrogen) atoms. The Labute approximate surface area is 182 Å². The van der Waals surface area contributed by atoms with Gasteiger partial charge in [0.05, 0.1) is 0 Å². The van der Waals surface area contributed by atoms with Gasteiger partial charge in [0, 0.05) is 0 Å². The van der Waals surface area contributed by atoms with Gasteiger partial charge >= 0.3 is 0 Å². The number of hydrogen-bond acceptors (Lipinski definition) is 0. The summed E-state index contributed by atoms with van der Waals surface area (Å²) in [6.07, 6.45) is 18.9. The molecule has 0 heteroatoms. The summed E-state index contributed by atoms with van der Waals surface area (Å²) in [6, 6.07) is 0. The molecule has 3 fully saturated rings. The second kappa shape index (κ2) is 7.70. The van der Waals surface area contributed by atoms with Gasteiger partial charge in [-0.25, -0.2) is 0 Å². The van der Waals surface area contributed by atoms with Crippen molar-refractivity contribution in [3.8, 4) is 0 Å². The summed E-state index contributed by atoms with van der Waals surface area (Å²) in [5.41, 5.74) is 3.55. The Hall–Kier alpha value is -0.260. The van der Waals surface area contributed by atoms with E-state index >= 15 is 0 Å². The van der Waals surface area contributed by atoms with Gasteiger partial charge in [0.25, 0.3) is 0 Å². The molecule has 166 valence electrons. The average Bonchev–Trinajstić information content (AvgIpc) is 3.03. The normalized spacial score (nSPS) is 43.4. The topological polar surface area (TPSA) is 0 Å². The highest BCUT2D eigenvalue weighted by molar-refractivity contribution is 5.24. The minimum atomic E-state index is 0.491. The van der Waals surface area contributed by atoms with Crippen molar-refractivity contribution in [2.24, 2.45) is 51.8 Å². The highest BCUT2D eigenvalue weighted by Gasteiger charge is 2.58. The number of allylic oxidation sites excluding steroid dienone is 2. The van der Waals surface area contributed by atoms with Gasteiger partial charge in [-0.3, -0.25) is 0 Å². The molecule has 0 radical (unpaired) electrons.